The van der Waals surface area contributed by atoms with Crippen LogP contribution in [0.5, 0.6) is 0 Å². The van der Waals surface area contributed by atoms with Crippen molar-refractivity contribution < 1.29 is 9.72 Å². The molecule has 3 aliphatic rings. The standard InChI is InChI=1S/C30H32N4O3/c1-30(2)17-22-27-21-7-5-4-6-19(21)8-10-23(27)31-29(28(22)26(35)18-30)20-9-11-24(25(16-20)34(36)37)33-14-12-32(3)13-15-33/h4-11,16,29,31H,12-15,17-18H2,1-3H3/t29-/m0/s1. The monoisotopic (exact) mass is 496 g/mol. The zero-order chi connectivity index (χ0) is 25.9. The highest BCUT2D eigenvalue weighted by atomic mass is 16.6. The van der Waals surface area contributed by atoms with Crippen LogP contribution in [-0.4, -0.2) is 48.8 Å². The van der Waals surface area contributed by atoms with Gasteiger partial charge in [0.25, 0.3) is 5.69 Å². The average molecular weight is 497 g/mol. The summed E-state index contributed by atoms with van der Waals surface area (Å²) in [4.78, 5) is 29.9. The van der Waals surface area contributed by atoms with Crippen molar-refractivity contribution in [3.63, 3.8) is 0 Å². The van der Waals surface area contributed by atoms with Gasteiger partial charge in [-0.3, -0.25) is 14.9 Å². The lowest BCUT2D eigenvalue weighted by Crippen LogP contribution is -2.44. The quantitative estimate of drug-likeness (QED) is 0.364. The van der Waals surface area contributed by atoms with Crippen molar-refractivity contribution in [3.05, 3.63) is 81.4 Å². The number of Topliss-reactive ketones (excluding diaryl/α,β-unsaturated/α-hetero) is 1. The van der Waals surface area contributed by atoms with Gasteiger partial charge in [0.15, 0.2) is 5.78 Å². The summed E-state index contributed by atoms with van der Waals surface area (Å²) in [6, 6.07) is 17.5. The van der Waals surface area contributed by atoms with E-state index < -0.39 is 6.04 Å². The Hall–Kier alpha value is -3.71. The maximum atomic E-state index is 13.7. The molecule has 37 heavy (non-hydrogen) atoms. The van der Waals surface area contributed by atoms with Gasteiger partial charge < -0.3 is 15.1 Å². The van der Waals surface area contributed by atoms with E-state index in [0.29, 0.717) is 12.1 Å². The number of allylic oxidation sites excluding steroid dienone is 1. The lowest BCUT2D eigenvalue weighted by Gasteiger charge is -2.40. The number of nitrogens with one attached hydrogen (secondary N) is 1. The first-order valence-corrected chi connectivity index (χ1v) is 13.0. The molecule has 7 nitrogen and oxygen atoms in total. The Morgan fingerprint density at radius 3 is 2.51 bits per heavy atom. The Bertz CT molecular complexity index is 1470. The SMILES string of the molecule is CN1CCN(c2ccc([C@@H]3Nc4ccc5ccccc5c4C4=C3C(=O)CC(C)(C)C4)cc2[N+](=O)[O-])CC1. The molecule has 0 amide bonds. The summed E-state index contributed by atoms with van der Waals surface area (Å²) < 4.78 is 0. The molecule has 1 aliphatic carbocycles. The van der Waals surface area contributed by atoms with E-state index in [-0.39, 0.29) is 21.8 Å². The van der Waals surface area contributed by atoms with Crippen LogP contribution < -0.4 is 10.2 Å². The highest BCUT2D eigenvalue weighted by Gasteiger charge is 2.41. The average Bonchev–Trinajstić information content (AvgIpc) is 2.87. The Labute approximate surface area is 216 Å². The molecule has 1 fully saturated rings. The lowest BCUT2D eigenvalue weighted by molar-refractivity contribution is -0.384. The van der Waals surface area contributed by atoms with Crippen LogP contribution in [0.25, 0.3) is 16.3 Å². The number of piperazine rings is 1. The molecular formula is C30H32N4O3. The maximum absolute atomic E-state index is 13.7. The predicted octanol–water partition coefficient (Wildman–Crippen LogP) is 5.81. The van der Waals surface area contributed by atoms with Crippen LogP contribution in [0.2, 0.25) is 0 Å². The number of nitro groups is 1. The molecule has 0 radical (unpaired) electrons. The van der Waals surface area contributed by atoms with E-state index in [1.165, 1.54) is 0 Å². The number of likely N-dealkylation sites (N-methyl/N-ethyl adjacent to an activating group) is 1. The second kappa shape index (κ2) is 8.70. The smallest absolute Gasteiger partial charge is 0.292 e. The normalized spacial score (nSPS) is 21.4. The van der Waals surface area contributed by atoms with Gasteiger partial charge in [-0.2, -0.15) is 0 Å². The minimum Gasteiger partial charge on any atom is -0.373 e. The number of nitro benzene ring substituents is 1. The summed E-state index contributed by atoms with van der Waals surface area (Å²) in [6.45, 7) is 7.53. The van der Waals surface area contributed by atoms with Crippen molar-refractivity contribution in [2.45, 2.75) is 32.7 Å². The number of rotatable bonds is 3. The van der Waals surface area contributed by atoms with Crippen LogP contribution >= 0.6 is 0 Å². The summed E-state index contributed by atoms with van der Waals surface area (Å²) in [6.07, 6.45) is 1.25. The fraction of sp³-hybridized carbons (Fsp3) is 0.367. The van der Waals surface area contributed by atoms with Crippen LogP contribution in [0.4, 0.5) is 17.1 Å². The summed E-state index contributed by atoms with van der Waals surface area (Å²) in [5.74, 6) is 0.119. The van der Waals surface area contributed by atoms with E-state index in [4.69, 9.17) is 0 Å². The minimum absolute atomic E-state index is 0.0962. The van der Waals surface area contributed by atoms with Gasteiger partial charge in [0.05, 0.1) is 11.0 Å². The molecule has 0 bridgehead atoms. The minimum atomic E-state index is -0.424. The van der Waals surface area contributed by atoms with Crippen LogP contribution in [0.3, 0.4) is 0 Å². The molecular weight excluding hydrogens is 464 g/mol. The number of carbonyl (C=O) groups is 1. The molecule has 7 heteroatoms. The molecule has 190 valence electrons. The largest absolute Gasteiger partial charge is 0.373 e. The summed E-state index contributed by atoms with van der Waals surface area (Å²) >= 11 is 0. The molecule has 3 aromatic rings. The number of fused-ring (bicyclic) bond motifs is 4. The van der Waals surface area contributed by atoms with Gasteiger partial charge in [0.2, 0.25) is 0 Å². The lowest BCUT2D eigenvalue weighted by atomic mass is 9.68. The molecule has 6 rings (SSSR count). The topological polar surface area (TPSA) is 78.7 Å². The Balaban J connectivity index is 1.50. The highest BCUT2D eigenvalue weighted by Crippen LogP contribution is 2.52. The van der Waals surface area contributed by atoms with E-state index in [2.05, 4.69) is 60.3 Å². The first kappa shape index (κ1) is 23.7. The van der Waals surface area contributed by atoms with Gasteiger partial charge in [-0.1, -0.05) is 50.2 Å². The number of ketones is 1. The zero-order valence-electron chi connectivity index (χ0n) is 21.6. The number of anilines is 2. The number of benzene rings is 3. The number of hydrogen-bond donors (Lipinski definition) is 1. The molecule has 1 N–H and O–H groups in total. The third-order valence-corrected chi connectivity index (χ3v) is 8.11. The van der Waals surface area contributed by atoms with E-state index in [1.54, 1.807) is 6.07 Å². The van der Waals surface area contributed by atoms with Crippen molar-refractivity contribution >= 4 is 39.2 Å². The molecule has 0 unspecified atom stereocenters. The van der Waals surface area contributed by atoms with Crippen molar-refractivity contribution in [2.75, 3.05) is 43.4 Å². The van der Waals surface area contributed by atoms with Gasteiger partial charge in [0, 0.05) is 55.5 Å². The van der Waals surface area contributed by atoms with Crippen molar-refractivity contribution in [2.24, 2.45) is 5.41 Å². The third-order valence-electron chi connectivity index (χ3n) is 8.11. The Kier molecular flexibility index (Phi) is 5.57. The van der Waals surface area contributed by atoms with Crippen LogP contribution in [0.1, 0.15) is 43.9 Å². The molecule has 0 spiro atoms. The van der Waals surface area contributed by atoms with Gasteiger partial charge in [0.1, 0.15) is 5.69 Å². The summed E-state index contributed by atoms with van der Waals surface area (Å²) in [5.41, 5.74) is 5.24. The molecule has 2 heterocycles. The number of carbonyl (C=O) groups excluding carboxylic acids is 1. The molecule has 2 aliphatic heterocycles. The number of nitrogens with zero attached hydrogens (tertiary/aromatic N) is 3. The number of hydrogen-bond acceptors (Lipinski definition) is 6. The van der Waals surface area contributed by atoms with Crippen molar-refractivity contribution in [1.29, 1.82) is 0 Å². The van der Waals surface area contributed by atoms with Crippen LogP contribution in [0.15, 0.2) is 60.2 Å². The highest BCUT2D eigenvalue weighted by molar-refractivity contribution is 6.12. The summed E-state index contributed by atoms with van der Waals surface area (Å²) in [5, 5.41) is 18.1. The first-order valence-electron chi connectivity index (χ1n) is 13.0. The fourth-order valence-electron chi connectivity index (χ4n) is 6.27. The van der Waals surface area contributed by atoms with E-state index in [1.807, 2.05) is 24.3 Å². The third kappa shape index (κ3) is 4.07. The van der Waals surface area contributed by atoms with Crippen LogP contribution in [0, 0.1) is 15.5 Å². The molecule has 1 saturated heterocycles. The molecule has 3 aromatic carbocycles. The van der Waals surface area contributed by atoms with E-state index >= 15 is 0 Å². The maximum Gasteiger partial charge on any atom is 0.292 e. The summed E-state index contributed by atoms with van der Waals surface area (Å²) in [7, 11) is 2.07. The predicted molar refractivity (Wildman–Crippen MR) is 148 cm³/mol. The zero-order valence-corrected chi connectivity index (χ0v) is 21.6. The van der Waals surface area contributed by atoms with Gasteiger partial charge in [-0.05, 0) is 52.9 Å². The second-order valence-corrected chi connectivity index (χ2v) is 11.4. The van der Waals surface area contributed by atoms with Gasteiger partial charge >= 0.3 is 0 Å². The molecule has 1 atom stereocenters. The molecule has 0 aromatic heterocycles. The van der Waals surface area contributed by atoms with Crippen molar-refractivity contribution in [1.82, 2.24) is 4.90 Å². The van der Waals surface area contributed by atoms with E-state index in [9.17, 15) is 14.9 Å². The Morgan fingerprint density at radius 2 is 1.76 bits per heavy atom. The molecule has 0 saturated carbocycles. The van der Waals surface area contributed by atoms with Gasteiger partial charge in [-0.15, -0.1) is 0 Å². The van der Waals surface area contributed by atoms with Crippen LogP contribution in [-0.2, 0) is 4.79 Å². The Morgan fingerprint density at radius 1 is 1.00 bits per heavy atom. The van der Waals surface area contributed by atoms with E-state index in [0.717, 1.165) is 71.3 Å². The fourth-order valence-corrected chi connectivity index (χ4v) is 6.27. The second-order valence-electron chi connectivity index (χ2n) is 11.4. The van der Waals surface area contributed by atoms with Crippen molar-refractivity contribution in [3.8, 4) is 0 Å². The van der Waals surface area contributed by atoms with Gasteiger partial charge in [-0.25, -0.2) is 0 Å². The first-order chi connectivity index (χ1) is 17.7.